The minimum absolute atomic E-state index is 0.0869. The van der Waals surface area contributed by atoms with Crippen molar-refractivity contribution in [3.05, 3.63) is 0 Å². The van der Waals surface area contributed by atoms with E-state index in [-0.39, 0.29) is 12.6 Å². The van der Waals surface area contributed by atoms with Gasteiger partial charge in [-0.2, -0.15) is 0 Å². The summed E-state index contributed by atoms with van der Waals surface area (Å²) in [6, 6.07) is 0. The molecule has 0 heterocycles. The van der Waals surface area contributed by atoms with Crippen LogP contribution >= 0.6 is 0 Å². The van der Waals surface area contributed by atoms with Gasteiger partial charge in [0.2, 0.25) is 0 Å². The first kappa shape index (κ1) is 22.3. The molecule has 0 saturated carbocycles. The normalized spacial score (nSPS) is 20.8. The van der Waals surface area contributed by atoms with E-state index in [9.17, 15) is 9.59 Å². The van der Waals surface area contributed by atoms with Crippen LogP contribution in [-0.2, 0) is 9.59 Å². The summed E-state index contributed by atoms with van der Waals surface area (Å²) < 4.78 is 0. The summed E-state index contributed by atoms with van der Waals surface area (Å²) >= 11 is 0. The van der Waals surface area contributed by atoms with Gasteiger partial charge in [-0.25, -0.2) is 0 Å². The molecule has 0 saturated heterocycles. The number of aliphatic hydroxyl groups excluding tert-OH is 8. The van der Waals surface area contributed by atoms with Crippen LogP contribution in [0.25, 0.3) is 0 Å². The molecule has 126 valence electrons. The van der Waals surface area contributed by atoms with E-state index >= 15 is 0 Å². The number of hydrogen-bond acceptors (Lipinski definition) is 10. The molecule has 0 amide bonds. The number of hydrogen-bond donors (Lipinski definition) is 8. The van der Waals surface area contributed by atoms with Crippen molar-refractivity contribution in [3.8, 4) is 0 Å². The Morgan fingerprint density at radius 3 is 1.43 bits per heavy atom. The van der Waals surface area contributed by atoms with Crippen molar-refractivity contribution >= 4 is 12.6 Å². The molecule has 0 aliphatic carbocycles. The second-order valence-corrected chi connectivity index (χ2v) is 4.22. The van der Waals surface area contributed by atoms with Gasteiger partial charge in [0.05, 0.1) is 12.7 Å². The zero-order valence-electron chi connectivity index (χ0n) is 11.3. The van der Waals surface area contributed by atoms with Crippen molar-refractivity contribution in [2.24, 2.45) is 0 Å². The number of rotatable bonds is 8. The maximum Gasteiger partial charge on any atom is 0.151 e. The van der Waals surface area contributed by atoms with Gasteiger partial charge in [-0.1, -0.05) is 0 Å². The lowest BCUT2D eigenvalue weighted by Gasteiger charge is -2.21. The summed E-state index contributed by atoms with van der Waals surface area (Å²) in [7, 11) is 0. The van der Waals surface area contributed by atoms with Crippen molar-refractivity contribution in [2.45, 2.75) is 49.7 Å². The third-order valence-electron chi connectivity index (χ3n) is 2.40. The van der Waals surface area contributed by atoms with E-state index in [1.807, 2.05) is 0 Å². The quantitative estimate of drug-likeness (QED) is 0.201. The molecule has 0 bridgehead atoms. The van der Waals surface area contributed by atoms with Gasteiger partial charge < -0.3 is 50.4 Å². The zero-order valence-corrected chi connectivity index (χ0v) is 11.3. The lowest BCUT2D eigenvalue weighted by atomic mass is 10.1. The standard InChI is InChI=1S/C6H12O5.C5H10O5/c1-3(8)5(10)6(11)4(9)2-7;6-1-3(8)5(10)4(9)2-7/h2-6,8-11H,1H3;1,3-5,7-10H,2H2/t3-,4-,5-,6-;3-,4+,5-/m00/s1. The molecule has 8 N–H and O–H groups in total. The molecular formula is C11H22O10. The minimum atomic E-state index is -1.65. The van der Waals surface area contributed by atoms with E-state index in [4.69, 9.17) is 40.9 Å². The number of aliphatic hydroxyl groups is 8. The maximum absolute atomic E-state index is 9.87. The van der Waals surface area contributed by atoms with Crippen LogP contribution in [0.3, 0.4) is 0 Å². The topological polar surface area (TPSA) is 196 Å². The van der Waals surface area contributed by atoms with Gasteiger partial charge in [-0.3, -0.25) is 0 Å². The molecule has 0 aliphatic heterocycles. The van der Waals surface area contributed by atoms with Crippen LogP contribution in [0.4, 0.5) is 0 Å². The van der Waals surface area contributed by atoms with E-state index in [1.165, 1.54) is 6.92 Å². The highest BCUT2D eigenvalue weighted by atomic mass is 16.4. The molecule has 0 aromatic heterocycles. The Morgan fingerprint density at radius 1 is 0.762 bits per heavy atom. The summed E-state index contributed by atoms with van der Waals surface area (Å²) in [6.45, 7) is 0.553. The van der Waals surface area contributed by atoms with Crippen LogP contribution in [0.15, 0.2) is 0 Å². The van der Waals surface area contributed by atoms with Crippen molar-refractivity contribution in [2.75, 3.05) is 6.61 Å². The minimum Gasteiger partial charge on any atom is -0.394 e. The Kier molecular flexibility index (Phi) is 12.4. The van der Waals surface area contributed by atoms with Gasteiger partial charge in [0.15, 0.2) is 12.6 Å². The van der Waals surface area contributed by atoms with E-state index in [2.05, 4.69) is 0 Å². The van der Waals surface area contributed by atoms with Crippen molar-refractivity contribution in [1.29, 1.82) is 0 Å². The Balaban J connectivity index is 0. The molecule has 0 aromatic carbocycles. The van der Waals surface area contributed by atoms with Gasteiger partial charge >= 0.3 is 0 Å². The molecule has 0 aliphatic rings. The number of aldehydes is 2. The predicted octanol–water partition coefficient (Wildman–Crippen LogP) is -5.09. The third-order valence-corrected chi connectivity index (χ3v) is 2.40. The summed E-state index contributed by atoms with van der Waals surface area (Å²) in [5, 5.41) is 69.2. The van der Waals surface area contributed by atoms with Crippen LogP contribution < -0.4 is 0 Å². The second-order valence-electron chi connectivity index (χ2n) is 4.22. The van der Waals surface area contributed by atoms with E-state index in [0.717, 1.165) is 0 Å². The van der Waals surface area contributed by atoms with Crippen molar-refractivity contribution in [3.63, 3.8) is 0 Å². The lowest BCUT2D eigenvalue weighted by Crippen LogP contribution is -2.43. The molecule has 0 unspecified atom stereocenters. The Morgan fingerprint density at radius 2 is 1.14 bits per heavy atom. The number of carbonyl (C=O) groups is 2. The monoisotopic (exact) mass is 314 g/mol. The highest BCUT2D eigenvalue weighted by molar-refractivity contribution is 5.57. The molecule has 0 fully saturated rings. The fraction of sp³-hybridized carbons (Fsp3) is 0.818. The molecule has 0 aromatic rings. The van der Waals surface area contributed by atoms with Gasteiger partial charge in [-0.05, 0) is 6.92 Å². The van der Waals surface area contributed by atoms with E-state index < -0.39 is 49.3 Å². The average Bonchev–Trinajstić information content (AvgIpc) is 2.50. The molecule has 0 spiro atoms. The Labute approximate surface area is 120 Å². The third kappa shape index (κ3) is 8.80. The SMILES string of the molecule is C[C@H](O)[C@H](O)[C@@H](O)[C@@H](O)C=O.O=C[C@H](O)[C@H](O)[C@H](O)CO. The molecule has 10 nitrogen and oxygen atoms in total. The van der Waals surface area contributed by atoms with Crippen molar-refractivity contribution < 1.29 is 50.4 Å². The summed E-state index contributed by atoms with van der Waals surface area (Å²) in [5.74, 6) is 0. The summed E-state index contributed by atoms with van der Waals surface area (Å²) in [5.41, 5.74) is 0. The first-order chi connectivity index (χ1) is 9.63. The molecular weight excluding hydrogens is 292 g/mol. The highest BCUT2D eigenvalue weighted by Crippen LogP contribution is 2.02. The van der Waals surface area contributed by atoms with Crippen LogP contribution in [0, 0.1) is 0 Å². The maximum atomic E-state index is 9.87. The molecule has 21 heavy (non-hydrogen) atoms. The smallest absolute Gasteiger partial charge is 0.151 e. The molecule has 10 heteroatoms. The van der Waals surface area contributed by atoms with E-state index in [1.54, 1.807) is 0 Å². The molecule has 7 atom stereocenters. The van der Waals surface area contributed by atoms with Gasteiger partial charge in [-0.15, -0.1) is 0 Å². The lowest BCUT2D eigenvalue weighted by molar-refractivity contribution is -0.132. The fourth-order valence-corrected chi connectivity index (χ4v) is 0.984. The van der Waals surface area contributed by atoms with Crippen molar-refractivity contribution in [1.82, 2.24) is 0 Å². The largest absolute Gasteiger partial charge is 0.394 e. The molecule has 0 radical (unpaired) electrons. The summed E-state index contributed by atoms with van der Waals surface area (Å²) in [4.78, 5) is 19.6. The Hall–Kier alpha value is -0.980. The predicted molar refractivity (Wildman–Crippen MR) is 66.9 cm³/mol. The average molecular weight is 314 g/mol. The van der Waals surface area contributed by atoms with Gasteiger partial charge in [0.25, 0.3) is 0 Å². The van der Waals surface area contributed by atoms with Gasteiger partial charge in [0, 0.05) is 0 Å². The van der Waals surface area contributed by atoms with Crippen LogP contribution in [-0.4, -0.2) is 103 Å². The number of carbonyl (C=O) groups excluding carboxylic acids is 2. The first-order valence-corrected chi connectivity index (χ1v) is 5.91. The first-order valence-electron chi connectivity index (χ1n) is 5.91. The van der Waals surface area contributed by atoms with Crippen LogP contribution in [0.1, 0.15) is 6.92 Å². The zero-order chi connectivity index (χ0) is 17.2. The fourth-order valence-electron chi connectivity index (χ4n) is 0.984. The second kappa shape index (κ2) is 11.7. The highest BCUT2D eigenvalue weighted by Gasteiger charge is 2.27. The molecule has 0 rings (SSSR count). The van der Waals surface area contributed by atoms with E-state index in [0.29, 0.717) is 0 Å². The van der Waals surface area contributed by atoms with Gasteiger partial charge in [0.1, 0.15) is 36.6 Å². The van der Waals surface area contributed by atoms with Crippen LogP contribution in [0.2, 0.25) is 0 Å². The summed E-state index contributed by atoms with van der Waals surface area (Å²) in [6.07, 6.45) is -10.5. The van der Waals surface area contributed by atoms with Crippen LogP contribution in [0.5, 0.6) is 0 Å². The Bertz CT molecular complexity index is 284.